The lowest BCUT2D eigenvalue weighted by Crippen LogP contribution is -2.15. The van der Waals surface area contributed by atoms with E-state index in [9.17, 15) is 9.59 Å². The first-order chi connectivity index (χ1) is 9.11. The molecule has 0 aliphatic carbocycles. The maximum absolute atomic E-state index is 12.0. The van der Waals surface area contributed by atoms with Crippen LogP contribution in [0.25, 0.3) is 0 Å². The van der Waals surface area contributed by atoms with Crippen molar-refractivity contribution in [3.8, 4) is 5.75 Å². The van der Waals surface area contributed by atoms with Crippen LogP contribution in [0.5, 0.6) is 5.75 Å². The fourth-order valence-corrected chi connectivity index (χ4v) is 1.55. The molecule has 1 heterocycles. The highest BCUT2D eigenvalue weighted by atomic mass is 16.5. The summed E-state index contributed by atoms with van der Waals surface area (Å²) in [6.45, 7) is 1.37. The van der Waals surface area contributed by atoms with Crippen LogP contribution < -0.4 is 10.1 Å². The summed E-state index contributed by atoms with van der Waals surface area (Å²) in [5, 5.41) is 6.55. The number of amides is 1. The quantitative estimate of drug-likeness (QED) is 0.912. The van der Waals surface area contributed by atoms with Gasteiger partial charge in [0.1, 0.15) is 5.75 Å². The molecule has 2 aromatic rings. The number of rotatable bonds is 3. The summed E-state index contributed by atoms with van der Waals surface area (Å²) in [6, 6.07) is 8.53. The number of hydrogen-bond acceptors (Lipinski definition) is 4. The first-order valence-electron chi connectivity index (χ1n) is 5.63. The lowest BCUT2D eigenvalue weighted by atomic mass is 10.3. The van der Waals surface area contributed by atoms with Crippen molar-refractivity contribution in [3.63, 3.8) is 0 Å². The summed E-state index contributed by atoms with van der Waals surface area (Å²) in [7, 11) is 1.52. The number of ether oxygens (including phenoxy) is 1. The zero-order chi connectivity index (χ0) is 13.8. The van der Waals surface area contributed by atoms with Crippen LogP contribution in [-0.2, 0) is 0 Å². The largest absolute Gasteiger partial charge is 0.495 e. The summed E-state index contributed by atoms with van der Waals surface area (Å²) in [5.74, 6) is -0.0947. The topological polar surface area (TPSA) is 73.2 Å². The number of benzene rings is 1. The molecule has 0 spiro atoms. The molecular weight excluding hydrogens is 246 g/mol. The van der Waals surface area contributed by atoms with Crippen LogP contribution in [0.1, 0.15) is 22.2 Å². The number of aromatic nitrogens is 2. The zero-order valence-corrected chi connectivity index (χ0v) is 10.6. The van der Waals surface area contributed by atoms with Crippen molar-refractivity contribution < 1.29 is 14.3 Å². The van der Waals surface area contributed by atoms with Gasteiger partial charge in [0, 0.05) is 13.1 Å². The minimum atomic E-state index is -0.399. The van der Waals surface area contributed by atoms with E-state index < -0.39 is 5.91 Å². The minimum Gasteiger partial charge on any atom is -0.495 e. The number of nitrogens with one attached hydrogen (secondary N) is 1. The van der Waals surface area contributed by atoms with Crippen molar-refractivity contribution >= 4 is 17.5 Å². The molecule has 6 heteroatoms. The van der Waals surface area contributed by atoms with Crippen LogP contribution in [0.15, 0.2) is 36.5 Å². The standard InChI is InChI=1S/C13H13N3O3/c1-9(17)16-8-7-11(15-16)13(18)14-10-5-3-4-6-12(10)19-2/h3-8H,1-2H3,(H,14,18). The Hall–Kier alpha value is -2.63. The Morgan fingerprint density at radius 2 is 2.00 bits per heavy atom. The molecule has 1 amide bonds. The Kier molecular flexibility index (Phi) is 3.61. The van der Waals surface area contributed by atoms with Crippen LogP contribution in [0.2, 0.25) is 0 Å². The first kappa shape index (κ1) is 12.8. The fourth-order valence-electron chi connectivity index (χ4n) is 1.55. The molecule has 1 aromatic carbocycles. The molecule has 1 N–H and O–H groups in total. The second-order valence-corrected chi connectivity index (χ2v) is 3.82. The Morgan fingerprint density at radius 3 is 2.63 bits per heavy atom. The number of methoxy groups -OCH3 is 1. The molecule has 6 nitrogen and oxygen atoms in total. The van der Waals surface area contributed by atoms with Crippen molar-refractivity contribution in [3.05, 3.63) is 42.2 Å². The molecular formula is C13H13N3O3. The van der Waals surface area contributed by atoms with Gasteiger partial charge in [0.15, 0.2) is 5.69 Å². The van der Waals surface area contributed by atoms with E-state index in [-0.39, 0.29) is 11.6 Å². The molecule has 1 aromatic heterocycles. The highest BCUT2D eigenvalue weighted by Crippen LogP contribution is 2.23. The van der Waals surface area contributed by atoms with Crippen molar-refractivity contribution in [2.24, 2.45) is 0 Å². The van der Waals surface area contributed by atoms with Crippen molar-refractivity contribution in [1.82, 2.24) is 9.78 Å². The van der Waals surface area contributed by atoms with Gasteiger partial charge in [-0.05, 0) is 18.2 Å². The lowest BCUT2D eigenvalue weighted by Gasteiger charge is -2.08. The summed E-state index contributed by atoms with van der Waals surface area (Å²) < 4.78 is 6.24. The van der Waals surface area contributed by atoms with E-state index in [2.05, 4.69) is 10.4 Å². The zero-order valence-electron chi connectivity index (χ0n) is 10.6. The van der Waals surface area contributed by atoms with Crippen molar-refractivity contribution in [2.75, 3.05) is 12.4 Å². The maximum Gasteiger partial charge on any atom is 0.276 e. The molecule has 2 rings (SSSR count). The van der Waals surface area contributed by atoms with Crippen LogP contribution in [0.4, 0.5) is 5.69 Å². The molecule has 0 saturated carbocycles. The van der Waals surface area contributed by atoms with E-state index in [0.717, 1.165) is 4.68 Å². The molecule has 0 fully saturated rings. The lowest BCUT2D eigenvalue weighted by molar-refractivity contribution is 0.0920. The Labute approximate surface area is 110 Å². The minimum absolute atomic E-state index is 0.168. The Balaban J connectivity index is 2.18. The molecule has 0 aliphatic heterocycles. The predicted molar refractivity (Wildman–Crippen MR) is 69.5 cm³/mol. The summed E-state index contributed by atoms with van der Waals surface area (Å²) in [6.07, 6.45) is 1.44. The predicted octanol–water partition coefficient (Wildman–Crippen LogP) is 1.80. The van der Waals surface area contributed by atoms with Crippen LogP contribution in [0.3, 0.4) is 0 Å². The molecule has 0 saturated heterocycles. The monoisotopic (exact) mass is 259 g/mol. The number of carbonyl (C=O) groups excluding carboxylic acids is 2. The van der Waals surface area contributed by atoms with Crippen LogP contribution >= 0.6 is 0 Å². The van der Waals surface area contributed by atoms with E-state index in [0.29, 0.717) is 11.4 Å². The van der Waals surface area contributed by atoms with Gasteiger partial charge in [0.2, 0.25) is 5.91 Å². The molecule has 0 aliphatic rings. The SMILES string of the molecule is COc1ccccc1NC(=O)c1ccn(C(C)=O)n1. The summed E-state index contributed by atoms with van der Waals surface area (Å²) in [5.41, 5.74) is 0.716. The smallest absolute Gasteiger partial charge is 0.276 e. The van der Waals surface area contributed by atoms with E-state index >= 15 is 0 Å². The number of para-hydroxylation sites is 2. The second kappa shape index (κ2) is 5.34. The third kappa shape index (κ3) is 2.79. The Bertz CT molecular complexity index is 619. The highest BCUT2D eigenvalue weighted by molar-refractivity contribution is 6.03. The van der Waals surface area contributed by atoms with Gasteiger partial charge < -0.3 is 10.1 Å². The van der Waals surface area contributed by atoms with Gasteiger partial charge in [-0.3, -0.25) is 9.59 Å². The average molecular weight is 259 g/mol. The van der Waals surface area contributed by atoms with E-state index in [4.69, 9.17) is 4.74 Å². The van der Waals surface area contributed by atoms with Gasteiger partial charge in [0.25, 0.3) is 5.91 Å². The Morgan fingerprint density at radius 1 is 1.26 bits per heavy atom. The van der Waals surface area contributed by atoms with E-state index in [1.54, 1.807) is 24.3 Å². The molecule has 0 bridgehead atoms. The third-order valence-electron chi connectivity index (χ3n) is 2.50. The van der Waals surface area contributed by atoms with Gasteiger partial charge in [-0.15, -0.1) is 0 Å². The molecule has 0 radical (unpaired) electrons. The average Bonchev–Trinajstić information content (AvgIpc) is 2.89. The number of anilines is 1. The summed E-state index contributed by atoms with van der Waals surface area (Å²) >= 11 is 0. The number of hydrogen-bond donors (Lipinski definition) is 1. The van der Waals surface area contributed by atoms with Gasteiger partial charge in [0.05, 0.1) is 12.8 Å². The van der Waals surface area contributed by atoms with Gasteiger partial charge >= 0.3 is 0 Å². The van der Waals surface area contributed by atoms with E-state index in [1.807, 2.05) is 0 Å². The van der Waals surface area contributed by atoms with Crippen molar-refractivity contribution in [1.29, 1.82) is 0 Å². The first-order valence-corrected chi connectivity index (χ1v) is 5.63. The molecule has 0 unspecified atom stereocenters. The maximum atomic E-state index is 12.0. The molecule has 0 atom stereocenters. The van der Waals surface area contributed by atoms with Gasteiger partial charge in [-0.1, -0.05) is 12.1 Å². The fraction of sp³-hybridized carbons (Fsp3) is 0.154. The number of carbonyl (C=O) groups is 2. The molecule has 98 valence electrons. The van der Waals surface area contributed by atoms with Gasteiger partial charge in [-0.2, -0.15) is 5.10 Å². The number of nitrogens with zero attached hydrogens (tertiary/aromatic N) is 2. The van der Waals surface area contributed by atoms with Crippen molar-refractivity contribution in [2.45, 2.75) is 6.92 Å². The van der Waals surface area contributed by atoms with Crippen LogP contribution in [-0.4, -0.2) is 28.7 Å². The van der Waals surface area contributed by atoms with Crippen LogP contribution in [0, 0.1) is 0 Å². The molecule has 19 heavy (non-hydrogen) atoms. The second-order valence-electron chi connectivity index (χ2n) is 3.82. The summed E-state index contributed by atoms with van der Waals surface area (Å²) in [4.78, 5) is 23.1. The normalized spacial score (nSPS) is 10.0. The third-order valence-corrected chi connectivity index (χ3v) is 2.50. The highest BCUT2D eigenvalue weighted by Gasteiger charge is 2.13. The van der Waals surface area contributed by atoms with E-state index in [1.165, 1.54) is 26.3 Å². The van der Waals surface area contributed by atoms with Gasteiger partial charge in [-0.25, -0.2) is 4.68 Å².